The van der Waals surface area contributed by atoms with Gasteiger partial charge in [0.05, 0.1) is 11.4 Å². The Morgan fingerprint density at radius 1 is 1.23 bits per heavy atom. The van der Waals surface area contributed by atoms with Crippen molar-refractivity contribution in [1.82, 2.24) is 4.57 Å². The SMILES string of the molecule is CC=S(Nc1cc(C)c(=O)n(C)c1Nc1ccc(C)cc1F)C1CCC1. The molecular formula is C20H26FN3OS. The first kappa shape index (κ1) is 18.7. The average molecular weight is 376 g/mol. The summed E-state index contributed by atoms with van der Waals surface area (Å²) < 4.78 is 19.5. The van der Waals surface area contributed by atoms with Crippen LogP contribution in [-0.4, -0.2) is 15.2 Å². The number of rotatable bonds is 5. The van der Waals surface area contributed by atoms with Crippen molar-refractivity contribution >= 4 is 33.2 Å². The summed E-state index contributed by atoms with van der Waals surface area (Å²) in [7, 11) is 1.65. The molecule has 0 radical (unpaired) electrons. The van der Waals surface area contributed by atoms with Gasteiger partial charge in [0.1, 0.15) is 11.6 Å². The van der Waals surface area contributed by atoms with Gasteiger partial charge in [-0.25, -0.2) is 4.39 Å². The van der Waals surface area contributed by atoms with E-state index in [4.69, 9.17) is 0 Å². The summed E-state index contributed by atoms with van der Waals surface area (Å²) in [6.45, 7) is 5.72. The maximum absolute atomic E-state index is 14.3. The molecule has 1 unspecified atom stereocenters. The van der Waals surface area contributed by atoms with Crippen LogP contribution in [-0.2, 0) is 7.05 Å². The normalized spacial score (nSPS) is 15.6. The first-order valence-corrected chi connectivity index (χ1v) is 10.3. The number of pyridine rings is 1. The number of halogens is 1. The minimum atomic E-state index is -0.330. The Morgan fingerprint density at radius 2 is 1.96 bits per heavy atom. The van der Waals surface area contributed by atoms with E-state index in [9.17, 15) is 9.18 Å². The van der Waals surface area contributed by atoms with Gasteiger partial charge < -0.3 is 10.0 Å². The minimum absolute atomic E-state index is 0.0650. The van der Waals surface area contributed by atoms with Crippen LogP contribution in [0.25, 0.3) is 0 Å². The highest BCUT2D eigenvalue weighted by Gasteiger charge is 2.22. The van der Waals surface area contributed by atoms with Crippen LogP contribution in [0.5, 0.6) is 0 Å². The maximum atomic E-state index is 14.3. The fourth-order valence-electron chi connectivity index (χ4n) is 3.06. The molecule has 1 heterocycles. The largest absolute Gasteiger partial charge is 0.337 e. The average Bonchev–Trinajstić information content (AvgIpc) is 2.55. The predicted octanol–water partition coefficient (Wildman–Crippen LogP) is 4.86. The lowest BCUT2D eigenvalue weighted by atomic mass is 10.0. The van der Waals surface area contributed by atoms with Gasteiger partial charge in [-0.1, -0.05) is 23.2 Å². The number of anilines is 3. The molecule has 1 fully saturated rings. The van der Waals surface area contributed by atoms with Gasteiger partial charge >= 0.3 is 0 Å². The first-order valence-electron chi connectivity index (χ1n) is 8.92. The zero-order valence-electron chi connectivity index (χ0n) is 15.7. The van der Waals surface area contributed by atoms with Gasteiger partial charge in [0.2, 0.25) is 0 Å². The number of benzene rings is 1. The molecule has 1 aliphatic carbocycles. The third-order valence-corrected chi connectivity index (χ3v) is 7.02. The molecule has 0 aliphatic heterocycles. The highest BCUT2D eigenvalue weighted by Crippen LogP contribution is 2.38. The maximum Gasteiger partial charge on any atom is 0.254 e. The van der Waals surface area contributed by atoms with E-state index in [1.54, 1.807) is 24.6 Å². The van der Waals surface area contributed by atoms with E-state index in [0.29, 0.717) is 22.3 Å². The predicted molar refractivity (Wildman–Crippen MR) is 111 cm³/mol. The molecule has 0 saturated heterocycles. The van der Waals surface area contributed by atoms with Gasteiger partial charge in [0.25, 0.3) is 5.56 Å². The van der Waals surface area contributed by atoms with Gasteiger partial charge in [-0.3, -0.25) is 9.36 Å². The molecule has 1 aromatic carbocycles. The monoisotopic (exact) mass is 375 g/mol. The van der Waals surface area contributed by atoms with E-state index in [1.807, 2.05) is 19.1 Å². The third-order valence-electron chi connectivity index (χ3n) is 4.86. The van der Waals surface area contributed by atoms with E-state index >= 15 is 0 Å². The smallest absolute Gasteiger partial charge is 0.254 e. The van der Waals surface area contributed by atoms with Crippen LogP contribution < -0.4 is 15.6 Å². The molecule has 3 rings (SSSR count). The first-order chi connectivity index (χ1) is 12.4. The Labute approximate surface area is 156 Å². The molecule has 4 nitrogen and oxygen atoms in total. The van der Waals surface area contributed by atoms with Gasteiger partial charge in [-0.2, -0.15) is 0 Å². The molecular weight excluding hydrogens is 349 g/mol. The molecule has 0 spiro atoms. The van der Waals surface area contributed by atoms with Gasteiger partial charge in [0, 0.05) is 17.9 Å². The molecule has 26 heavy (non-hydrogen) atoms. The third kappa shape index (κ3) is 3.70. The van der Waals surface area contributed by atoms with Crippen LogP contribution in [0.3, 0.4) is 0 Å². The van der Waals surface area contributed by atoms with E-state index in [2.05, 4.69) is 22.3 Å². The lowest BCUT2D eigenvalue weighted by molar-refractivity contribution is 0.522. The summed E-state index contributed by atoms with van der Waals surface area (Å²) in [6, 6.07) is 6.90. The summed E-state index contributed by atoms with van der Waals surface area (Å²) in [5.41, 5.74) is 2.63. The van der Waals surface area contributed by atoms with Crippen molar-refractivity contribution in [2.24, 2.45) is 7.05 Å². The van der Waals surface area contributed by atoms with Crippen LogP contribution in [0.4, 0.5) is 21.6 Å². The van der Waals surface area contributed by atoms with E-state index in [0.717, 1.165) is 11.3 Å². The van der Waals surface area contributed by atoms with Crippen molar-refractivity contribution in [3.8, 4) is 0 Å². The van der Waals surface area contributed by atoms with E-state index in [1.165, 1.54) is 25.3 Å². The lowest BCUT2D eigenvalue weighted by Gasteiger charge is -2.31. The fraction of sp³-hybridized carbons (Fsp3) is 0.400. The van der Waals surface area contributed by atoms with Crippen molar-refractivity contribution in [1.29, 1.82) is 0 Å². The zero-order valence-corrected chi connectivity index (χ0v) is 16.5. The molecule has 0 bridgehead atoms. The molecule has 1 saturated carbocycles. The van der Waals surface area contributed by atoms with Crippen molar-refractivity contribution < 1.29 is 4.39 Å². The Kier molecular flexibility index (Phi) is 5.51. The summed E-state index contributed by atoms with van der Waals surface area (Å²) in [5, 5.41) is 5.96. The molecule has 6 heteroatoms. The molecule has 1 atom stereocenters. The molecule has 1 aromatic heterocycles. The van der Waals surface area contributed by atoms with Crippen LogP contribution >= 0.6 is 10.7 Å². The Balaban J connectivity index is 2.02. The second-order valence-corrected chi connectivity index (χ2v) is 8.91. The van der Waals surface area contributed by atoms with Crippen LogP contribution in [0.2, 0.25) is 0 Å². The van der Waals surface area contributed by atoms with E-state index in [-0.39, 0.29) is 22.0 Å². The highest BCUT2D eigenvalue weighted by molar-refractivity contribution is 8.16. The summed E-state index contributed by atoms with van der Waals surface area (Å²) in [4.78, 5) is 12.4. The van der Waals surface area contributed by atoms with Crippen molar-refractivity contribution in [2.45, 2.75) is 45.3 Å². The lowest BCUT2D eigenvalue weighted by Crippen LogP contribution is -2.24. The van der Waals surface area contributed by atoms with Gasteiger partial charge in [-0.15, -0.1) is 0 Å². The molecule has 2 aromatic rings. The Hall–Kier alpha value is -2.08. The Bertz CT molecular complexity index is 916. The summed E-state index contributed by atoms with van der Waals surface area (Å²) in [5.74, 6) is 0.256. The molecule has 0 amide bonds. The summed E-state index contributed by atoms with van der Waals surface area (Å²) in [6.07, 6.45) is 3.72. The minimum Gasteiger partial charge on any atom is -0.337 e. The van der Waals surface area contributed by atoms with E-state index < -0.39 is 0 Å². The number of hydrogen-bond acceptors (Lipinski definition) is 3. The standard InChI is InChI=1S/C20H26FN3OS/c1-5-26(15-7-6-8-15)23-18-12-14(3)20(25)24(4)19(18)22-17-10-9-13(2)11-16(17)21/h5,9-12,15,22-23H,6-8H2,1-4H3. The quantitative estimate of drug-likeness (QED) is 0.734. The van der Waals surface area contributed by atoms with Crippen LogP contribution in [0, 0.1) is 19.7 Å². The second-order valence-electron chi connectivity index (χ2n) is 6.82. The number of aromatic nitrogens is 1. The molecule has 140 valence electrons. The van der Waals surface area contributed by atoms with Crippen molar-refractivity contribution in [3.05, 3.63) is 51.6 Å². The summed E-state index contributed by atoms with van der Waals surface area (Å²) >= 11 is 0. The second kappa shape index (κ2) is 7.66. The number of aryl methyl sites for hydroxylation is 2. The zero-order chi connectivity index (χ0) is 18.8. The Morgan fingerprint density at radius 3 is 2.54 bits per heavy atom. The highest BCUT2D eigenvalue weighted by atomic mass is 32.2. The number of nitrogens with zero attached hydrogens (tertiary/aromatic N) is 1. The fourth-order valence-corrected chi connectivity index (χ4v) is 4.98. The number of nitrogens with one attached hydrogen (secondary N) is 2. The number of hydrogen-bond donors (Lipinski definition) is 2. The van der Waals surface area contributed by atoms with Crippen LogP contribution in [0.1, 0.15) is 37.3 Å². The van der Waals surface area contributed by atoms with Gasteiger partial charge in [-0.05, 0) is 62.7 Å². The molecule has 1 aliphatic rings. The van der Waals surface area contributed by atoms with Crippen molar-refractivity contribution in [2.75, 3.05) is 10.0 Å². The van der Waals surface area contributed by atoms with Crippen molar-refractivity contribution in [3.63, 3.8) is 0 Å². The van der Waals surface area contributed by atoms with Crippen LogP contribution in [0.15, 0.2) is 29.1 Å². The topological polar surface area (TPSA) is 46.1 Å². The van der Waals surface area contributed by atoms with Gasteiger partial charge in [0.15, 0.2) is 0 Å². The molecule has 2 N–H and O–H groups in total.